The quantitative estimate of drug-likeness (QED) is 0.611. The Hall–Kier alpha value is -3.03. The standard InChI is InChI=1S/C24H26FN3O3/c1-15(2)26-13-20(29)14-31-21-10-5-16-3-4-17-11-23(30)28(27-24(17)22(16)12-21)19-8-6-18(25)7-9-19/h5-12,15,20,26,29H,3-4,13-14H2,1-2H3. The summed E-state index contributed by atoms with van der Waals surface area (Å²) in [5.74, 6) is 0.268. The molecule has 4 rings (SSSR count). The topological polar surface area (TPSA) is 76.4 Å². The summed E-state index contributed by atoms with van der Waals surface area (Å²) in [6.45, 7) is 4.67. The van der Waals surface area contributed by atoms with E-state index in [0.717, 1.165) is 35.2 Å². The molecule has 0 bridgehead atoms. The fourth-order valence-electron chi connectivity index (χ4n) is 3.65. The lowest BCUT2D eigenvalue weighted by Gasteiger charge is -2.21. The Kier molecular flexibility index (Phi) is 6.15. The molecule has 1 aromatic heterocycles. The number of hydrogen-bond acceptors (Lipinski definition) is 5. The zero-order valence-electron chi connectivity index (χ0n) is 17.6. The third-order valence-corrected chi connectivity index (χ3v) is 5.29. The Morgan fingerprint density at radius 3 is 2.61 bits per heavy atom. The van der Waals surface area contributed by atoms with Gasteiger partial charge in [-0.1, -0.05) is 19.9 Å². The number of aliphatic hydroxyl groups excluding tert-OH is 1. The molecule has 6 nitrogen and oxygen atoms in total. The fraction of sp³-hybridized carbons (Fsp3) is 0.333. The smallest absolute Gasteiger partial charge is 0.271 e. The van der Waals surface area contributed by atoms with Gasteiger partial charge in [0, 0.05) is 24.2 Å². The molecule has 0 saturated heterocycles. The van der Waals surface area contributed by atoms with E-state index >= 15 is 0 Å². The van der Waals surface area contributed by atoms with E-state index in [4.69, 9.17) is 4.74 Å². The van der Waals surface area contributed by atoms with E-state index in [-0.39, 0.29) is 18.0 Å². The molecule has 1 unspecified atom stereocenters. The number of aromatic nitrogens is 2. The van der Waals surface area contributed by atoms with E-state index in [1.165, 1.54) is 28.9 Å². The minimum atomic E-state index is -0.618. The van der Waals surface area contributed by atoms with Crippen LogP contribution in [0.25, 0.3) is 16.9 Å². The molecule has 0 spiro atoms. The molecule has 1 aliphatic carbocycles. The number of ether oxygens (including phenoxy) is 1. The van der Waals surface area contributed by atoms with Crippen LogP contribution >= 0.6 is 0 Å². The number of nitrogens with one attached hydrogen (secondary N) is 1. The summed E-state index contributed by atoms with van der Waals surface area (Å²) >= 11 is 0. The van der Waals surface area contributed by atoms with Crippen LogP contribution in [0.15, 0.2) is 53.3 Å². The lowest BCUT2D eigenvalue weighted by atomic mass is 9.89. The minimum Gasteiger partial charge on any atom is -0.491 e. The number of aryl methyl sites for hydroxylation is 2. The number of fused-ring (bicyclic) bond motifs is 3. The molecule has 31 heavy (non-hydrogen) atoms. The molecule has 0 fully saturated rings. The second kappa shape index (κ2) is 8.99. The Bertz CT molecular complexity index is 1130. The van der Waals surface area contributed by atoms with Gasteiger partial charge in [0.15, 0.2) is 0 Å². The van der Waals surface area contributed by atoms with Gasteiger partial charge < -0.3 is 15.2 Å². The Balaban J connectivity index is 1.62. The summed E-state index contributed by atoms with van der Waals surface area (Å²) < 4.78 is 20.4. The van der Waals surface area contributed by atoms with Gasteiger partial charge in [-0.2, -0.15) is 9.78 Å². The number of benzene rings is 2. The highest BCUT2D eigenvalue weighted by molar-refractivity contribution is 5.70. The van der Waals surface area contributed by atoms with Crippen molar-refractivity contribution in [2.24, 2.45) is 0 Å². The SMILES string of the molecule is CC(C)NCC(O)COc1ccc2c(c1)-c1nn(-c3ccc(F)cc3)c(=O)cc1CC2. The molecule has 0 radical (unpaired) electrons. The number of rotatable bonds is 7. The molecule has 2 aromatic carbocycles. The van der Waals surface area contributed by atoms with Crippen molar-refractivity contribution in [3.63, 3.8) is 0 Å². The maximum absolute atomic E-state index is 13.3. The van der Waals surface area contributed by atoms with Crippen molar-refractivity contribution in [1.29, 1.82) is 0 Å². The zero-order chi connectivity index (χ0) is 22.0. The van der Waals surface area contributed by atoms with E-state index in [0.29, 0.717) is 24.0 Å². The first-order valence-corrected chi connectivity index (χ1v) is 10.5. The van der Waals surface area contributed by atoms with Gasteiger partial charge >= 0.3 is 0 Å². The van der Waals surface area contributed by atoms with Gasteiger partial charge in [-0.3, -0.25) is 4.79 Å². The van der Waals surface area contributed by atoms with Crippen LogP contribution in [0, 0.1) is 5.82 Å². The van der Waals surface area contributed by atoms with Crippen LogP contribution < -0.4 is 15.6 Å². The van der Waals surface area contributed by atoms with Gasteiger partial charge in [0.2, 0.25) is 0 Å². The lowest BCUT2D eigenvalue weighted by molar-refractivity contribution is 0.104. The molecule has 2 N–H and O–H groups in total. The summed E-state index contributed by atoms with van der Waals surface area (Å²) in [5.41, 5.74) is 3.89. The largest absolute Gasteiger partial charge is 0.491 e. The second-order valence-electron chi connectivity index (χ2n) is 8.09. The van der Waals surface area contributed by atoms with Crippen LogP contribution in [0.5, 0.6) is 5.75 Å². The fourth-order valence-corrected chi connectivity index (χ4v) is 3.65. The summed E-state index contributed by atoms with van der Waals surface area (Å²) in [5, 5.41) is 17.9. The highest BCUT2D eigenvalue weighted by atomic mass is 19.1. The minimum absolute atomic E-state index is 0.174. The highest BCUT2D eigenvalue weighted by Gasteiger charge is 2.21. The molecule has 0 amide bonds. The molecule has 7 heteroatoms. The summed E-state index contributed by atoms with van der Waals surface area (Å²) in [7, 11) is 0. The van der Waals surface area contributed by atoms with E-state index < -0.39 is 6.10 Å². The first kappa shape index (κ1) is 21.2. The normalized spacial score (nSPS) is 13.6. The maximum Gasteiger partial charge on any atom is 0.271 e. The van der Waals surface area contributed by atoms with Crippen molar-refractivity contribution in [3.05, 3.63) is 75.8 Å². The van der Waals surface area contributed by atoms with E-state index in [2.05, 4.69) is 10.4 Å². The maximum atomic E-state index is 13.3. The molecule has 1 aliphatic rings. The average Bonchev–Trinajstić information content (AvgIpc) is 2.76. The van der Waals surface area contributed by atoms with Crippen molar-refractivity contribution in [3.8, 4) is 22.7 Å². The summed E-state index contributed by atoms with van der Waals surface area (Å²) in [6, 6.07) is 13.4. The molecule has 0 saturated carbocycles. The monoisotopic (exact) mass is 423 g/mol. The van der Waals surface area contributed by atoms with Crippen LogP contribution in [0.3, 0.4) is 0 Å². The van der Waals surface area contributed by atoms with Crippen LogP contribution in [0.2, 0.25) is 0 Å². The molecular weight excluding hydrogens is 397 g/mol. The van der Waals surface area contributed by atoms with Gasteiger partial charge in [-0.05, 0) is 60.4 Å². The Labute approximate surface area is 180 Å². The van der Waals surface area contributed by atoms with Crippen LogP contribution in [-0.2, 0) is 12.8 Å². The Morgan fingerprint density at radius 1 is 1.13 bits per heavy atom. The van der Waals surface area contributed by atoms with Gasteiger partial charge in [-0.15, -0.1) is 0 Å². The van der Waals surface area contributed by atoms with Crippen LogP contribution in [0.4, 0.5) is 4.39 Å². The summed E-state index contributed by atoms with van der Waals surface area (Å²) in [6.07, 6.45) is 0.923. The van der Waals surface area contributed by atoms with Gasteiger partial charge in [0.05, 0.1) is 11.4 Å². The first-order chi connectivity index (χ1) is 14.9. The summed E-state index contributed by atoms with van der Waals surface area (Å²) in [4.78, 5) is 12.6. The molecule has 1 atom stereocenters. The third-order valence-electron chi connectivity index (χ3n) is 5.29. The number of nitrogens with zero attached hydrogens (tertiary/aromatic N) is 2. The third kappa shape index (κ3) is 4.84. The van der Waals surface area contributed by atoms with E-state index in [1.807, 2.05) is 32.0 Å². The molecule has 1 heterocycles. The van der Waals surface area contributed by atoms with Crippen LogP contribution in [-0.4, -0.2) is 40.2 Å². The van der Waals surface area contributed by atoms with Crippen LogP contribution in [0.1, 0.15) is 25.0 Å². The van der Waals surface area contributed by atoms with Crippen molar-refractivity contribution in [2.75, 3.05) is 13.2 Å². The first-order valence-electron chi connectivity index (χ1n) is 10.5. The zero-order valence-corrected chi connectivity index (χ0v) is 17.6. The van der Waals surface area contributed by atoms with Gasteiger partial charge in [0.1, 0.15) is 24.3 Å². The predicted molar refractivity (Wildman–Crippen MR) is 117 cm³/mol. The number of halogens is 1. The number of aliphatic hydroxyl groups is 1. The molecule has 0 aliphatic heterocycles. The molecule has 162 valence electrons. The lowest BCUT2D eigenvalue weighted by Crippen LogP contribution is -2.35. The van der Waals surface area contributed by atoms with Crippen molar-refractivity contribution >= 4 is 0 Å². The van der Waals surface area contributed by atoms with Crippen molar-refractivity contribution < 1.29 is 14.2 Å². The van der Waals surface area contributed by atoms with Gasteiger partial charge in [0.25, 0.3) is 5.56 Å². The molecular formula is C24H26FN3O3. The Morgan fingerprint density at radius 2 is 1.87 bits per heavy atom. The van der Waals surface area contributed by atoms with E-state index in [9.17, 15) is 14.3 Å². The van der Waals surface area contributed by atoms with Crippen molar-refractivity contribution in [1.82, 2.24) is 15.1 Å². The molecule has 3 aromatic rings. The van der Waals surface area contributed by atoms with Crippen molar-refractivity contribution in [2.45, 2.75) is 38.8 Å². The number of hydrogen-bond donors (Lipinski definition) is 2. The predicted octanol–water partition coefficient (Wildman–Crippen LogP) is 2.87. The van der Waals surface area contributed by atoms with Gasteiger partial charge in [-0.25, -0.2) is 4.39 Å². The second-order valence-corrected chi connectivity index (χ2v) is 8.09. The average molecular weight is 423 g/mol. The highest BCUT2D eigenvalue weighted by Crippen LogP contribution is 2.34. The van der Waals surface area contributed by atoms with E-state index in [1.54, 1.807) is 6.07 Å².